The highest BCUT2D eigenvalue weighted by Gasteiger charge is 2.34. The van der Waals surface area contributed by atoms with Gasteiger partial charge in [-0.25, -0.2) is 9.36 Å². The number of methoxy groups -OCH3 is 1. The Labute approximate surface area is 193 Å². The van der Waals surface area contributed by atoms with Crippen LogP contribution in [0.3, 0.4) is 0 Å². The minimum absolute atomic E-state index is 0.198. The number of ether oxygens (including phenoxy) is 2. The molecule has 0 aliphatic carbocycles. The fraction of sp³-hybridized carbons (Fsp3) is 0.350. The van der Waals surface area contributed by atoms with Crippen LogP contribution in [-0.2, 0) is 23.4 Å². The smallest absolute Gasteiger partial charge is 0.459 e. The number of hydrogen-bond donors (Lipinski definition) is 2. The van der Waals surface area contributed by atoms with Crippen molar-refractivity contribution in [3.05, 3.63) is 74.0 Å². The Morgan fingerprint density at radius 2 is 2.00 bits per heavy atom. The Balaban J connectivity index is 1.71. The van der Waals surface area contributed by atoms with Gasteiger partial charge in [0.15, 0.2) is 6.23 Å². The summed E-state index contributed by atoms with van der Waals surface area (Å²) in [5.74, 6) is -0.466. The van der Waals surface area contributed by atoms with Gasteiger partial charge in [0.1, 0.15) is 17.9 Å². The first-order valence-corrected chi connectivity index (χ1v) is 11.7. The zero-order valence-electron chi connectivity index (χ0n) is 18.0. The largest absolute Gasteiger partial charge is 0.468 e. The molecule has 2 aromatic rings. The van der Waals surface area contributed by atoms with Gasteiger partial charge in [-0.15, -0.1) is 0 Å². The van der Waals surface area contributed by atoms with Crippen molar-refractivity contribution in [2.24, 2.45) is 0 Å². The predicted octanol–water partition coefficient (Wildman–Crippen LogP) is 2.31. The summed E-state index contributed by atoms with van der Waals surface area (Å²) >= 11 is 5.87. The number of H-pyrrole nitrogens is 1. The zero-order chi connectivity index (χ0) is 24.2. The maximum absolute atomic E-state index is 13.4. The first kappa shape index (κ1) is 24.9. The molecule has 0 amide bonds. The van der Waals surface area contributed by atoms with Crippen molar-refractivity contribution in [2.45, 2.75) is 32.2 Å². The molecule has 13 heteroatoms. The Hall–Kier alpha value is -2.69. The number of aromatic nitrogens is 2. The van der Waals surface area contributed by atoms with Crippen LogP contribution >= 0.6 is 19.3 Å². The lowest BCUT2D eigenvalue weighted by molar-refractivity contribution is -0.142. The molecule has 2 N–H and O–H groups in total. The lowest BCUT2D eigenvalue weighted by Gasteiger charge is -2.24. The van der Waals surface area contributed by atoms with Crippen molar-refractivity contribution in [3.63, 3.8) is 0 Å². The van der Waals surface area contributed by atoms with E-state index in [-0.39, 0.29) is 12.4 Å². The number of aryl methyl sites for hydroxylation is 1. The van der Waals surface area contributed by atoms with Crippen molar-refractivity contribution < 1.29 is 27.9 Å². The van der Waals surface area contributed by atoms with Crippen LogP contribution in [0, 0.1) is 6.92 Å². The second-order valence-corrected chi connectivity index (χ2v) is 9.27. The molecule has 0 saturated carbocycles. The molecule has 1 aliphatic rings. The van der Waals surface area contributed by atoms with Crippen LogP contribution in [-0.4, -0.2) is 41.4 Å². The average Bonchev–Trinajstić information content (AvgIpc) is 3.25. The van der Waals surface area contributed by atoms with E-state index in [4.69, 9.17) is 25.4 Å². The molecule has 3 rings (SSSR count). The average molecular weight is 500 g/mol. The lowest BCUT2D eigenvalue weighted by atomic mass is 10.3. The molecular weight excluding hydrogens is 477 g/mol. The molecule has 0 spiro atoms. The summed E-state index contributed by atoms with van der Waals surface area (Å²) in [6.45, 7) is 2.78. The highest BCUT2D eigenvalue weighted by atomic mass is 35.5. The van der Waals surface area contributed by atoms with Gasteiger partial charge in [-0.3, -0.25) is 23.7 Å². The highest BCUT2D eigenvalue weighted by molar-refractivity contribution is 7.52. The van der Waals surface area contributed by atoms with E-state index in [1.807, 2.05) is 0 Å². The van der Waals surface area contributed by atoms with E-state index >= 15 is 0 Å². The molecule has 0 fully saturated rings. The van der Waals surface area contributed by atoms with Gasteiger partial charge in [-0.2, -0.15) is 5.09 Å². The maximum atomic E-state index is 13.4. The SMILES string of the molecule is COC(=O)[C@H](C)N[P@@](=O)(OC[C@@H]1C=C[C@H](n2cc(C)c(=O)[nH]c2=O)O1)Oc1ccc(Cl)cc1. The van der Waals surface area contributed by atoms with E-state index < -0.39 is 43.3 Å². The van der Waals surface area contributed by atoms with Crippen LogP contribution in [0.15, 0.2) is 52.2 Å². The number of halogens is 1. The van der Waals surface area contributed by atoms with Gasteiger partial charge in [-0.1, -0.05) is 17.7 Å². The second-order valence-electron chi connectivity index (χ2n) is 7.14. The monoisotopic (exact) mass is 499 g/mol. The maximum Gasteiger partial charge on any atom is 0.459 e. The van der Waals surface area contributed by atoms with E-state index in [0.29, 0.717) is 10.6 Å². The second kappa shape index (κ2) is 10.5. The molecule has 0 radical (unpaired) electrons. The summed E-state index contributed by atoms with van der Waals surface area (Å²) < 4.78 is 36.0. The van der Waals surface area contributed by atoms with E-state index in [2.05, 4.69) is 14.8 Å². The number of benzene rings is 1. The molecule has 2 heterocycles. The van der Waals surface area contributed by atoms with E-state index in [1.54, 1.807) is 31.2 Å². The molecule has 33 heavy (non-hydrogen) atoms. The molecule has 4 atom stereocenters. The van der Waals surface area contributed by atoms with Gasteiger partial charge >= 0.3 is 19.4 Å². The molecule has 0 saturated heterocycles. The molecule has 11 nitrogen and oxygen atoms in total. The van der Waals surface area contributed by atoms with Crippen LogP contribution in [0.2, 0.25) is 5.02 Å². The van der Waals surface area contributed by atoms with Crippen LogP contribution in [0.25, 0.3) is 0 Å². The molecule has 0 unspecified atom stereocenters. The standard InChI is InChI=1S/C20H23ClN3O8P/c1-12-10-24(20(27)22-18(12)25)17-9-8-16(31-17)11-30-33(28,23-13(2)19(26)29-3)32-15-6-4-14(21)5-7-15/h4-10,13,16-17H,11H2,1-3H3,(H,23,28)(H,22,25,27)/t13-,16-,17+,33+/m0/s1. The minimum atomic E-state index is -4.07. The third-order valence-corrected chi connectivity index (χ3v) is 6.47. The van der Waals surface area contributed by atoms with Crippen LogP contribution in [0.5, 0.6) is 5.75 Å². The number of carbonyl (C=O) groups is 1. The number of rotatable bonds is 9. The van der Waals surface area contributed by atoms with E-state index in [0.717, 1.165) is 0 Å². The number of nitrogens with one attached hydrogen (secondary N) is 2. The highest BCUT2D eigenvalue weighted by Crippen LogP contribution is 2.45. The Kier molecular flexibility index (Phi) is 7.93. The Morgan fingerprint density at radius 1 is 1.30 bits per heavy atom. The number of aromatic amines is 1. The van der Waals surface area contributed by atoms with Gasteiger partial charge in [0, 0.05) is 16.8 Å². The first-order chi connectivity index (χ1) is 15.6. The number of nitrogens with zero attached hydrogens (tertiary/aromatic N) is 1. The van der Waals surface area contributed by atoms with Gasteiger partial charge in [0.2, 0.25) is 0 Å². The van der Waals surface area contributed by atoms with Crippen molar-refractivity contribution >= 4 is 25.3 Å². The molecule has 1 aromatic heterocycles. The van der Waals surface area contributed by atoms with Crippen molar-refractivity contribution in [1.82, 2.24) is 14.6 Å². The van der Waals surface area contributed by atoms with Gasteiger partial charge in [0.25, 0.3) is 5.56 Å². The van der Waals surface area contributed by atoms with Crippen LogP contribution < -0.4 is 20.9 Å². The van der Waals surface area contributed by atoms with Crippen LogP contribution in [0.4, 0.5) is 0 Å². The lowest BCUT2D eigenvalue weighted by Crippen LogP contribution is -2.35. The van der Waals surface area contributed by atoms with Gasteiger partial charge in [0.05, 0.1) is 13.7 Å². The fourth-order valence-corrected chi connectivity index (χ4v) is 4.51. The molecule has 178 valence electrons. The molecule has 1 aliphatic heterocycles. The van der Waals surface area contributed by atoms with E-state index in [1.165, 1.54) is 36.9 Å². The number of esters is 1. The summed E-state index contributed by atoms with van der Waals surface area (Å²) in [7, 11) is -2.87. The summed E-state index contributed by atoms with van der Waals surface area (Å²) in [6, 6.07) is 5.08. The number of hydrogen-bond acceptors (Lipinski definition) is 8. The fourth-order valence-electron chi connectivity index (χ4n) is 2.88. The minimum Gasteiger partial charge on any atom is -0.468 e. The zero-order valence-corrected chi connectivity index (χ0v) is 19.7. The van der Waals surface area contributed by atoms with Gasteiger partial charge < -0.3 is 14.0 Å². The third-order valence-electron chi connectivity index (χ3n) is 4.58. The topological polar surface area (TPSA) is 138 Å². The summed E-state index contributed by atoms with van der Waals surface area (Å²) in [4.78, 5) is 37.7. The third kappa shape index (κ3) is 6.43. The Morgan fingerprint density at radius 3 is 2.67 bits per heavy atom. The summed E-state index contributed by atoms with van der Waals surface area (Å²) in [5, 5.41) is 2.98. The summed E-state index contributed by atoms with van der Waals surface area (Å²) in [6.07, 6.45) is 3.12. The molecule has 0 bridgehead atoms. The quantitative estimate of drug-likeness (QED) is 0.302. The Bertz CT molecular complexity index is 1190. The number of carbonyl (C=O) groups excluding carboxylic acids is 1. The van der Waals surface area contributed by atoms with E-state index in [9.17, 15) is 18.9 Å². The van der Waals surface area contributed by atoms with Crippen LogP contribution in [0.1, 0.15) is 18.7 Å². The van der Waals surface area contributed by atoms with Crippen molar-refractivity contribution in [2.75, 3.05) is 13.7 Å². The first-order valence-electron chi connectivity index (χ1n) is 9.81. The normalized spacial score (nSPS) is 20.2. The predicted molar refractivity (Wildman–Crippen MR) is 119 cm³/mol. The van der Waals surface area contributed by atoms with Gasteiger partial charge in [-0.05, 0) is 44.2 Å². The van der Waals surface area contributed by atoms with Crippen molar-refractivity contribution in [1.29, 1.82) is 0 Å². The molecular formula is C20H23ClN3O8P. The van der Waals surface area contributed by atoms with Crippen molar-refractivity contribution in [3.8, 4) is 5.75 Å². The summed E-state index contributed by atoms with van der Waals surface area (Å²) in [5.41, 5.74) is -0.774. The molecule has 1 aromatic carbocycles.